The third kappa shape index (κ3) is 1.71. The second-order valence-corrected chi connectivity index (χ2v) is 5.03. The van der Waals surface area contributed by atoms with E-state index in [1.165, 1.54) is 19.3 Å². The van der Waals surface area contributed by atoms with Gasteiger partial charge in [-0.05, 0) is 38.8 Å². The smallest absolute Gasteiger partial charge is 0.266 e. The van der Waals surface area contributed by atoms with Crippen LogP contribution in [0.3, 0.4) is 0 Å². The predicted octanol–water partition coefficient (Wildman–Crippen LogP) is 1.37. The molecule has 0 radical (unpaired) electrons. The van der Waals surface area contributed by atoms with Crippen molar-refractivity contribution in [3.05, 3.63) is 22.1 Å². The molecule has 1 aromatic rings. The zero-order valence-electron chi connectivity index (χ0n) is 9.54. The highest BCUT2D eigenvalue weighted by atomic mass is 16.1. The minimum absolute atomic E-state index is 0.161. The molecule has 2 fully saturated rings. The maximum Gasteiger partial charge on any atom is 0.266 e. The molecule has 1 saturated carbocycles. The van der Waals surface area contributed by atoms with Crippen molar-refractivity contribution in [1.29, 1.82) is 0 Å². The molecule has 2 heterocycles. The van der Waals surface area contributed by atoms with Gasteiger partial charge in [0, 0.05) is 17.7 Å². The molecule has 4 heteroatoms. The minimum atomic E-state index is 0.161. The van der Waals surface area contributed by atoms with Crippen molar-refractivity contribution in [2.45, 2.75) is 44.1 Å². The number of hydrogen-bond acceptors (Lipinski definition) is 2. The maximum absolute atomic E-state index is 11.9. The quantitative estimate of drug-likeness (QED) is 0.792. The van der Waals surface area contributed by atoms with Crippen LogP contribution in [-0.4, -0.2) is 22.9 Å². The average molecular weight is 221 g/mol. The topological polar surface area (TPSA) is 49.8 Å². The lowest BCUT2D eigenvalue weighted by Crippen LogP contribution is -2.33. The molecule has 1 saturated heterocycles. The summed E-state index contributed by atoms with van der Waals surface area (Å²) >= 11 is 0. The molecule has 0 atom stereocenters. The number of nitrogens with zero attached hydrogens (tertiary/aromatic N) is 1. The van der Waals surface area contributed by atoms with Crippen LogP contribution in [-0.2, 0) is 0 Å². The highest BCUT2D eigenvalue weighted by molar-refractivity contribution is 5.10. The first kappa shape index (κ1) is 10.1. The minimum Gasteiger partial charge on any atom is -0.317 e. The van der Waals surface area contributed by atoms with E-state index in [0.717, 1.165) is 31.6 Å². The average Bonchev–Trinajstić information content (AvgIpc) is 2.59. The third-order valence-electron chi connectivity index (χ3n) is 3.98. The SMILES string of the molecule is O=c1cc(C2CCC2)[nH]n1C1CCNCC1. The standard InChI is InChI=1S/C12H19N3O/c16-12-8-11(9-2-1-3-9)14-15(12)10-4-6-13-7-5-10/h8-10,13-14H,1-7H2. The van der Waals surface area contributed by atoms with Gasteiger partial charge >= 0.3 is 0 Å². The van der Waals surface area contributed by atoms with E-state index in [2.05, 4.69) is 10.4 Å². The second kappa shape index (κ2) is 4.09. The van der Waals surface area contributed by atoms with Crippen LogP contribution >= 0.6 is 0 Å². The molecule has 1 aliphatic carbocycles. The summed E-state index contributed by atoms with van der Waals surface area (Å²) in [5.41, 5.74) is 1.32. The van der Waals surface area contributed by atoms with Gasteiger partial charge in [-0.15, -0.1) is 0 Å². The predicted molar refractivity (Wildman–Crippen MR) is 62.8 cm³/mol. The number of hydrogen-bond donors (Lipinski definition) is 2. The van der Waals surface area contributed by atoms with E-state index < -0.39 is 0 Å². The van der Waals surface area contributed by atoms with Gasteiger partial charge in [0.15, 0.2) is 0 Å². The number of piperidine rings is 1. The lowest BCUT2D eigenvalue weighted by Gasteiger charge is -2.25. The maximum atomic E-state index is 11.9. The molecule has 16 heavy (non-hydrogen) atoms. The summed E-state index contributed by atoms with van der Waals surface area (Å²) in [5, 5.41) is 6.66. The molecule has 88 valence electrons. The largest absolute Gasteiger partial charge is 0.317 e. The van der Waals surface area contributed by atoms with Crippen molar-refractivity contribution in [3.63, 3.8) is 0 Å². The Labute approximate surface area is 95.0 Å². The van der Waals surface area contributed by atoms with Gasteiger partial charge in [-0.3, -0.25) is 9.89 Å². The molecule has 2 aliphatic rings. The molecule has 1 aliphatic heterocycles. The van der Waals surface area contributed by atoms with E-state index in [-0.39, 0.29) is 5.56 Å². The number of rotatable bonds is 2. The van der Waals surface area contributed by atoms with E-state index in [0.29, 0.717) is 12.0 Å². The normalized spacial score (nSPS) is 23.2. The summed E-state index contributed by atoms with van der Waals surface area (Å²) in [7, 11) is 0. The fourth-order valence-electron chi connectivity index (χ4n) is 2.69. The van der Waals surface area contributed by atoms with Crippen molar-refractivity contribution < 1.29 is 0 Å². The lowest BCUT2D eigenvalue weighted by atomic mass is 9.83. The van der Waals surface area contributed by atoms with E-state index in [4.69, 9.17) is 0 Å². The Balaban J connectivity index is 1.82. The zero-order valence-corrected chi connectivity index (χ0v) is 9.54. The van der Waals surface area contributed by atoms with Crippen molar-refractivity contribution in [2.75, 3.05) is 13.1 Å². The van der Waals surface area contributed by atoms with Gasteiger partial charge in [-0.1, -0.05) is 6.42 Å². The number of aromatic nitrogens is 2. The van der Waals surface area contributed by atoms with E-state index in [9.17, 15) is 4.79 Å². The van der Waals surface area contributed by atoms with Crippen LogP contribution in [0.4, 0.5) is 0 Å². The molecule has 0 unspecified atom stereocenters. The highest BCUT2D eigenvalue weighted by Gasteiger charge is 2.24. The molecule has 0 bridgehead atoms. The van der Waals surface area contributed by atoms with Crippen LogP contribution in [0.25, 0.3) is 0 Å². The van der Waals surface area contributed by atoms with E-state index >= 15 is 0 Å². The van der Waals surface area contributed by atoms with E-state index in [1.807, 2.05) is 10.7 Å². The molecule has 4 nitrogen and oxygen atoms in total. The second-order valence-electron chi connectivity index (χ2n) is 5.03. The van der Waals surface area contributed by atoms with Crippen LogP contribution in [0.2, 0.25) is 0 Å². The van der Waals surface area contributed by atoms with Gasteiger partial charge in [-0.25, -0.2) is 4.68 Å². The molecule has 2 N–H and O–H groups in total. The van der Waals surface area contributed by atoms with Crippen LogP contribution in [0.1, 0.15) is 49.8 Å². The Morgan fingerprint density at radius 3 is 2.56 bits per heavy atom. The summed E-state index contributed by atoms with van der Waals surface area (Å²) in [6, 6.07) is 2.19. The molecule has 3 rings (SSSR count). The first-order valence-corrected chi connectivity index (χ1v) is 6.37. The van der Waals surface area contributed by atoms with Gasteiger partial charge in [0.05, 0.1) is 6.04 Å². The Bertz CT molecular complexity index is 410. The summed E-state index contributed by atoms with van der Waals surface area (Å²) in [6.07, 6.45) is 5.92. The number of aromatic amines is 1. The van der Waals surface area contributed by atoms with Crippen molar-refractivity contribution >= 4 is 0 Å². The van der Waals surface area contributed by atoms with Crippen molar-refractivity contribution in [1.82, 2.24) is 15.1 Å². The lowest BCUT2D eigenvalue weighted by molar-refractivity contribution is 0.329. The molecule has 1 aromatic heterocycles. The first-order valence-electron chi connectivity index (χ1n) is 6.37. The fraction of sp³-hybridized carbons (Fsp3) is 0.750. The molecule has 0 aromatic carbocycles. The summed E-state index contributed by atoms with van der Waals surface area (Å²) in [4.78, 5) is 11.9. The Morgan fingerprint density at radius 1 is 1.19 bits per heavy atom. The fourth-order valence-corrected chi connectivity index (χ4v) is 2.69. The van der Waals surface area contributed by atoms with Crippen LogP contribution in [0, 0.1) is 0 Å². The zero-order chi connectivity index (χ0) is 11.0. The first-order chi connectivity index (χ1) is 7.84. The molecule has 0 amide bonds. The van der Waals surface area contributed by atoms with E-state index in [1.54, 1.807) is 0 Å². The number of nitrogens with one attached hydrogen (secondary N) is 2. The van der Waals surface area contributed by atoms with Gasteiger partial charge in [0.1, 0.15) is 0 Å². The Kier molecular flexibility index (Phi) is 2.59. The molecular weight excluding hydrogens is 202 g/mol. The summed E-state index contributed by atoms with van der Waals surface area (Å²) in [5.74, 6) is 0.621. The van der Waals surface area contributed by atoms with Crippen LogP contribution in [0.5, 0.6) is 0 Å². The Morgan fingerprint density at radius 2 is 1.94 bits per heavy atom. The molecule has 0 spiro atoms. The van der Waals surface area contributed by atoms with Gasteiger partial charge in [0.2, 0.25) is 0 Å². The summed E-state index contributed by atoms with van der Waals surface area (Å²) in [6.45, 7) is 2.05. The third-order valence-corrected chi connectivity index (χ3v) is 3.98. The van der Waals surface area contributed by atoms with Crippen LogP contribution < -0.4 is 10.9 Å². The number of H-pyrrole nitrogens is 1. The Hall–Kier alpha value is -1.03. The molecular formula is C12H19N3O. The van der Waals surface area contributed by atoms with Gasteiger partial charge in [0.25, 0.3) is 5.56 Å². The highest BCUT2D eigenvalue weighted by Crippen LogP contribution is 2.34. The van der Waals surface area contributed by atoms with Crippen LogP contribution in [0.15, 0.2) is 10.9 Å². The van der Waals surface area contributed by atoms with Gasteiger partial charge < -0.3 is 5.32 Å². The van der Waals surface area contributed by atoms with Crippen molar-refractivity contribution in [3.8, 4) is 0 Å². The van der Waals surface area contributed by atoms with Crippen molar-refractivity contribution in [2.24, 2.45) is 0 Å². The van der Waals surface area contributed by atoms with Gasteiger partial charge in [-0.2, -0.15) is 0 Å². The monoisotopic (exact) mass is 221 g/mol. The summed E-state index contributed by atoms with van der Waals surface area (Å²) < 4.78 is 1.86.